The van der Waals surface area contributed by atoms with Crippen LogP contribution in [0.1, 0.15) is 12.5 Å². The normalized spacial score (nSPS) is 16.8. The Morgan fingerprint density at radius 3 is 2.30 bits per heavy atom. The average Bonchev–Trinajstić information content (AvgIpc) is 2.76. The molecule has 0 amide bonds. The third kappa shape index (κ3) is 3.54. The largest absolute Gasteiger partial charge is 0.542 e. The molecule has 1 aliphatic rings. The second kappa shape index (κ2) is 5.70. The molecule has 0 radical (unpaired) electrons. The van der Waals surface area contributed by atoms with E-state index >= 15 is 0 Å². The quantitative estimate of drug-likeness (QED) is 0.406. The number of carbonyl (C=O) groups is 2. The van der Waals surface area contributed by atoms with Crippen LogP contribution < -0.4 is 19.7 Å². The summed E-state index contributed by atoms with van der Waals surface area (Å²) in [6.45, 7) is 1.53. The van der Waals surface area contributed by atoms with Gasteiger partial charge in [-0.3, -0.25) is 4.18 Å². The van der Waals surface area contributed by atoms with Gasteiger partial charge in [-0.05, 0) is 31.0 Å². The van der Waals surface area contributed by atoms with Crippen molar-refractivity contribution in [3.05, 3.63) is 23.8 Å². The predicted octanol–water partition coefficient (Wildman–Crippen LogP) is -2.44. The van der Waals surface area contributed by atoms with Crippen LogP contribution in [0.5, 0.6) is 11.5 Å². The van der Waals surface area contributed by atoms with Gasteiger partial charge >= 0.3 is 5.79 Å². The van der Waals surface area contributed by atoms with Crippen molar-refractivity contribution in [2.24, 2.45) is 0 Å². The molecule has 9 nitrogen and oxygen atoms in total. The van der Waals surface area contributed by atoms with E-state index in [4.69, 9.17) is 13.7 Å². The van der Waals surface area contributed by atoms with Gasteiger partial charge < -0.3 is 29.3 Å². The number of hydrogen-bond acceptors (Lipinski definition) is 9. The standard InChI is InChI=1S/C13H14O9S/c1-7(22-23(2,18)19)5-8-3-4-9-10(6-8)21-13(20-9,11(14)15)12(16)17/h3-4,6-7H,5H2,1-2H3,(H,14,15)(H,16,17)/p-2. The lowest BCUT2D eigenvalue weighted by molar-refractivity contribution is -0.362. The summed E-state index contributed by atoms with van der Waals surface area (Å²) < 4.78 is 36.5. The number of carbonyl (C=O) groups excluding carboxylic acids is 2. The molecular weight excluding hydrogens is 332 g/mol. The number of fused-ring (bicyclic) bond motifs is 1. The lowest BCUT2D eigenvalue weighted by Crippen LogP contribution is -2.64. The van der Waals surface area contributed by atoms with Crippen LogP contribution in [0, 0.1) is 0 Å². The summed E-state index contributed by atoms with van der Waals surface area (Å²) in [6, 6.07) is 4.11. The molecule has 1 aromatic rings. The van der Waals surface area contributed by atoms with E-state index in [-0.39, 0.29) is 17.9 Å². The first kappa shape index (κ1) is 17.0. The SMILES string of the molecule is CC(Cc1ccc2c(c1)OC(C(=O)[O-])(C(=O)[O-])O2)OS(C)(=O)=O. The van der Waals surface area contributed by atoms with E-state index in [1.165, 1.54) is 25.1 Å². The van der Waals surface area contributed by atoms with Gasteiger partial charge in [-0.2, -0.15) is 8.42 Å². The van der Waals surface area contributed by atoms with Crippen molar-refractivity contribution >= 4 is 22.1 Å². The maximum atomic E-state index is 11.0. The zero-order valence-electron chi connectivity index (χ0n) is 12.1. The Bertz CT molecular complexity index is 739. The maximum Gasteiger partial charge on any atom is 0.335 e. The number of carboxylic acids is 2. The first-order valence-corrected chi connectivity index (χ1v) is 8.17. The van der Waals surface area contributed by atoms with Crippen LogP contribution in [-0.2, 0) is 30.3 Å². The van der Waals surface area contributed by atoms with Gasteiger partial charge in [0.1, 0.15) is 11.9 Å². The number of ether oxygens (including phenoxy) is 2. The van der Waals surface area contributed by atoms with Gasteiger partial charge in [0.25, 0.3) is 10.1 Å². The molecule has 1 atom stereocenters. The molecule has 1 heterocycles. The van der Waals surface area contributed by atoms with Crippen LogP contribution in [0.4, 0.5) is 0 Å². The van der Waals surface area contributed by atoms with Crippen molar-refractivity contribution in [3.63, 3.8) is 0 Å². The molecule has 1 unspecified atom stereocenters. The molecule has 126 valence electrons. The molecule has 0 saturated carbocycles. The summed E-state index contributed by atoms with van der Waals surface area (Å²) in [7, 11) is -3.62. The number of aliphatic carboxylic acids is 2. The monoisotopic (exact) mass is 344 g/mol. The van der Waals surface area contributed by atoms with E-state index in [1.807, 2.05) is 0 Å². The number of hydrogen-bond donors (Lipinski definition) is 0. The molecule has 1 aromatic carbocycles. The van der Waals surface area contributed by atoms with Crippen molar-refractivity contribution in [3.8, 4) is 11.5 Å². The Morgan fingerprint density at radius 1 is 1.22 bits per heavy atom. The second-order valence-electron chi connectivity index (χ2n) is 4.99. The number of rotatable bonds is 6. The molecule has 1 aliphatic heterocycles. The summed E-state index contributed by atoms with van der Waals surface area (Å²) in [5.74, 6) is -7.51. The van der Waals surface area contributed by atoms with Crippen LogP contribution in [0.25, 0.3) is 0 Å². The van der Waals surface area contributed by atoms with Crippen LogP contribution in [-0.4, -0.2) is 38.5 Å². The minimum atomic E-state index is -3.62. The molecule has 23 heavy (non-hydrogen) atoms. The first-order valence-electron chi connectivity index (χ1n) is 6.35. The van der Waals surface area contributed by atoms with Crippen LogP contribution >= 0.6 is 0 Å². The van der Waals surface area contributed by atoms with Gasteiger partial charge in [-0.15, -0.1) is 0 Å². The summed E-state index contributed by atoms with van der Waals surface area (Å²) >= 11 is 0. The minimum Gasteiger partial charge on any atom is -0.542 e. The van der Waals surface area contributed by atoms with E-state index < -0.39 is 33.9 Å². The Balaban J connectivity index is 2.21. The van der Waals surface area contributed by atoms with Crippen molar-refractivity contribution in [1.29, 1.82) is 0 Å². The van der Waals surface area contributed by atoms with Crippen molar-refractivity contribution in [2.45, 2.75) is 25.2 Å². The highest BCUT2D eigenvalue weighted by Gasteiger charge is 2.45. The van der Waals surface area contributed by atoms with Gasteiger partial charge in [-0.1, -0.05) is 6.07 Å². The van der Waals surface area contributed by atoms with Crippen molar-refractivity contribution in [2.75, 3.05) is 6.26 Å². The Labute approximate surface area is 131 Å². The molecule has 0 spiro atoms. The zero-order chi connectivity index (χ0) is 17.4. The van der Waals surface area contributed by atoms with Gasteiger partial charge in [0.15, 0.2) is 11.5 Å². The highest BCUT2D eigenvalue weighted by Crippen LogP contribution is 2.40. The molecule has 0 N–H and O–H groups in total. The lowest BCUT2D eigenvalue weighted by Gasteiger charge is -2.28. The third-order valence-electron chi connectivity index (χ3n) is 2.92. The van der Waals surface area contributed by atoms with E-state index in [9.17, 15) is 28.2 Å². The molecule has 0 fully saturated rings. The molecular formula is C13H12O9S-2. The van der Waals surface area contributed by atoms with Crippen LogP contribution in [0.3, 0.4) is 0 Å². The fourth-order valence-corrected chi connectivity index (χ4v) is 2.75. The van der Waals surface area contributed by atoms with Crippen LogP contribution in [0.2, 0.25) is 0 Å². The van der Waals surface area contributed by atoms with Crippen LogP contribution in [0.15, 0.2) is 18.2 Å². The summed E-state index contributed by atoms with van der Waals surface area (Å²) in [4.78, 5) is 22.0. The average molecular weight is 344 g/mol. The summed E-state index contributed by atoms with van der Waals surface area (Å²) in [6.07, 6.45) is 0.391. The molecule has 0 aromatic heterocycles. The summed E-state index contributed by atoms with van der Waals surface area (Å²) in [5, 5.41) is 22.0. The van der Waals surface area contributed by atoms with Crippen molar-refractivity contribution in [1.82, 2.24) is 0 Å². The van der Waals surface area contributed by atoms with E-state index in [0.717, 1.165) is 6.26 Å². The Kier molecular flexibility index (Phi) is 4.22. The van der Waals surface area contributed by atoms with Gasteiger partial charge in [-0.25, -0.2) is 0 Å². The van der Waals surface area contributed by atoms with E-state index in [1.54, 1.807) is 0 Å². The third-order valence-corrected chi connectivity index (χ3v) is 3.59. The fourth-order valence-electron chi connectivity index (χ4n) is 2.09. The predicted molar refractivity (Wildman–Crippen MR) is 69.5 cm³/mol. The summed E-state index contributed by atoms with van der Waals surface area (Å²) in [5.41, 5.74) is 0.524. The Morgan fingerprint density at radius 2 is 1.78 bits per heavy atom. The highest BCUT2D eigenvalue weighted by molar-refractivity contribution is 7.86. The zero-order valence-corrected chi connectivity index (χ0v) is 12.9. The van der Waals surface area contributed by atoms with Gasteiger partial charge in [0.05, 0.1) is 12.4 Å². The minimum absolute atomic E-state index is 0.112. The smallest absolute Gasteiger partial charge is 0.335 e. The molecule has 10 heteroatoms. The molecule has 0 aliphatic carbocycles. The molecule has 0 bridgehead atoms. The van der Waals surface area contributed by atoms with E-state index in [2.05, 4.69) is 0 Å². The fraction of sp³-hybridized carbons (Fsp3) is 0.385. The second-order valence-corrected chi connectivity index (χ2v) is 6.59. The lowest BCUT2D eigenvalue weighted by atomic mass is 10.1. The number of benzene rings is 1. The van der Waals surface area contributed by atoms with Gasteiger partial charge in [0.2, 0.25) is 0 Å². The molecule has 2 rings (SSSR count). The Hall–Kier alpha value is -2.33. The van der Waals surface area contributed by atoms with Crippen molar-refractivity contribution < 1.29 is 41.9 Å². The topological polar surface area (TPSA) is 142 Å². The highest BCUT2D eigenvalue weighted by atomic mass is 32.2. The molecule has 0 saturated heterocycles. The number of carboxylic acid groups (broad SMARTS) is 2. The first-order chi connectivity index (χ1) is 10.5. The van der Waals surface area contributed by atoms with Gasteiger partial charge in [0, 0.05) is 0 Å². The van der Waals surface area contributed by atoms with E-state index in [0.29, 0.717) is 5.56 Å². The maximum absolute atomic E-state index is 11.0.